The Bertz CT molecular complexity index is 885. The van der Waals surface area contributed by atoms with Crippen molar-refractivity contribution in [3.8, 4) is 0 Å². The molecule has 52 heavy (non-hydrogen) atoms. The lowest BCUT2D eigenvalue weighted by molar-refractivity contribution is -0.298. The van der Waals surface area contributed by atoms with Gasteiger partial charge in [0.15, 0.2) is 18.5 Å². The largest absolute Gasteiger partial charge is 0.479 e. The minimum atomic E-state index is -1.85. The standard InChI is InChI=1S/C41H76O11/c1-3-5-7-9-11-13-15-17-19-21-23-25-27-29-34(42)49-31-33(32-50-41-38(46)36(44)37(45)39(52-41)40(47)48)51-35(43)30-28-26-24-22-20-18-16-14-12-10-8-6-4-2/h33,36-39,41,44-46H,3-32H2,1-2H3,(H,47,48)/t33?,36-,37+,38+,39+,41+/m0/s1. The summed E-state index contributed by atoms with van der Waals surface area (Å²) in [4.78, 5) is 36.7. The van der Waals surface area contributed by atoms with Gasteiger partial charge in [0.2, 0.25) is 0 Å². The highest BCUT2D eigenvalue weighted by Gasteiger charge is 2.47. The number of ether oxygens (including phenoxy) is 4. The van der Waals surface area contributed by atoms with E-state index in [0.29, 0.717) is 12.8 Å². The number of carboxylic acid groups (broad SMARTS) is 1. The third-order valence-corrected chi connectivity index (χ3v) is 9.96. The first-order valence-electron chi connectivity index (χ1n) is 21.1. The van der Waals surface area contributed by atoms with Crippen LogP contribution in [0.3, 0.4) is 0 Å². The van der Waals surface area contributed by atoms with E-state index >= 15 is 0 Å². The van der Waals surface area contributed by atoms with E-state index in [2.05, 4.69) is 13.8 Å². The molecule has 1 unspecified atom stereocenters. The number of carboxylic acids is 1. The van der Waals surface area contributed by atoms with E-state index in [-0.39, 0.29) is 26.1 Å². The highest BCUT2D eigenvalue weighted by Crippen LogP contribution is 2.23. The van der Waals surface area contributed by atoms with Crippen molar-refractivity contribution >= 4 is 17.9 Å². The Kier molecular flexibility index (Phi) is 30.3. The molecule has 1 heterocycles. The average Bonchev–Trinajstić information content (AvgIpc) is 3.12. The third kappa shape index (κ3) is 24.5. The molecule has 0 bridgehead atoms. The summed E-state index contributed by atoms with van der Waals surface area (Å²) in [6.45, 7) is 3.81. The highest BCUT2D eigenvalue weighted by atomic mass is 16.7. The zero-order valence-electron chi connectivity index (χ0n) is 32.8. The van der Waals surface area contributed by atoms with E-state index in [1.165, 1.54) is 116 Å². The summed E-state index contributed by atoms with van der Waals surface area (Å²) in [5.41, 5.74) is 0. The molecule has 0 aromatic carbocycles. The zero-order chi connectivity index (χ0) is 38.2. The Hall–Kier alpha value is -1.79. The normalized spacial score (nSPS) is 20.8. The molecule has 0 radical (unpaired) electrons. The van der Waals surface area contributed by atoms with E-state index in [1.807, 2.05) is 0 Å². The average molecular weight is 745 g/mol. The second-order valence-corrected chi connectivity index (χ2v) is 14.8. The first kappa shape index (κ1) is 48.2. The van der Waals surface area contributed by atoms with E-state index in [4.69, 9.17) is 18.9 Å². The van der Waals surface area contributed by atoms with Crippen LogP contribution in [0, 0.1) is 0 Å². The molecule has 306 valence electrons. The van der Waals surface area contributed by atoms with Crippen molar-refractivity contribution in [2.45, 2.75) is 230 Å². The van der Waals surface area contributed by atoms with Gasteiger partial charge < -0.3 is 39.4 Å². The molecule has 1 rings (SSSR count). The van der Waals surface area contributed by atoms with Crippen LogP contribution in [0.1, 0.15) is 194 Å². The molecule has 4 N–H and O–H groups in total. The fourth-order valence-electron chi connectivity index (χ4n) is 6.59. The summed E-state index contributed by atoms with van der Waals surface area (Å²) in [7, 11) is 0. The summed E-state index contributed by atoms with van der Waals surface area (Å²) < 4.78 is 21.7. The van der Waals surface area contributed by atoms with Crippen LogP contribution < -0.4 is 0 Å². The van der Waals surface area contributed by atoms with Crippen LogP contribution >= 0.6 is 0 Å². The Labute approximate surface area is 314 Å². The molecule has 11 nitrogen and oxygen atoms in total. The monoisotopic (exact) mass is 745 g/mol. The summed E-state index contributed by atoms with van der Waals surface area (Å²) in [6, 6.07) is 0. The zero-order valence-corrected chi connectivity index (χ0v) is 32.8. The van der Waals surface area contributed by atoms with Crippen molar-refractivity contribution in [1.82, 2.24) is 0 Å². The molecular weight excluding hydrogens is 668 g/mol. The second-order valence-electron chi connectivity index (χ2n) is 14.8. The van der Waals surface area contributed by atoms with Gasteiger partial charge in [-0.1, -0.05) is 168 Å². The Morgan fingerprint density at radius 2 is 0.904 bits per heavy atom. The lowest BCUT2D eigenvalue weighted by Gasteiger charge is -2.38. The summed E-state index contributed by atoms with van der Waals surface area (Å²) >= 11 is 0. The van der Waals surface area contributed by atoms with Crippen LogP contribution in [0.15, 0.2) is 0 Å². The van der Waals surface area contributed by atoms with Crippen molar-refractivity contribution < 1.29 is 53.8 Å². The molecule has 1 saturated heterocycles. The number of aliphatic hydroxyl groups is 3. The SMILES string of the molecule is CCCCCCCCCCCCCCCC(=O)OCC(CO[C@@H]1O[C@@H](C(=O)O)[C@H](O)[C@H](O)[C@H]1O)OC(=O)CCCCCCCCCCCCCCC. The minimum absolute atomic E-state index is 0.190. The topological polar surface area (TPSA) is 169 Å². The number of aliphatic carboxylic acids is 1. The predicted octanol–water partition coefficient (Wildman–Crippen LogP) is 8.31. The fourth-order valence-corrected chi connectivity index (χ4v) is 6.59. The number of hydrogen-bond donors (Lipinski definition) is 4. The summed E-state index contributed by atoms with van der Waals surface area (Å²) in [5, 5.41) is 39.7. The van der Waals surface area contributed by atoms with Gasteiger partial charge in [0, 0.05) is 12.8 Å². The van der Waals surface area contributed by atoms with Gasteiger partial charge in [-0.05, 0) is 12.8 Å². The Morgan fingerprint density at radius 1 is 0.519 bits per heavy atom. The molecule has 1 fully saturated rings. The smallest absolute Gasteiger partial charge is 0.335 e. The molecule has 1 aliphatic rings. The number of rotatable bonds is 35. The Morgan fingerprint density at radius 3 is 1.31 bits per heavy atom. The van der Waals surface area contributed by atoms with Crippen LogP contribution in [0.4, 0.5) is 0 Å². The molecule has 11 heteroatoms. The summed E-state index contributed by atoms with van der Waals surface area (Å²) in [5.74, 6) is -2.43. The van der Waals surface area contributed by atoms with Gasteiger partial charge in [0.1, 0.15) is 24.9 Å². The van der Waals surface area contributed by atoms with Crippen molar-refractivity contribution in [3.05, 3.63) is 0 Å². The number of hydrogen-bond acceptors (Lipinski definition) is 10. The molecule has 0 aliphatic carbocycles. The van der Waals surface area contributed by atoms with E-state index in [9.17, 15) is 34.8 Å². The molecule has 0 spiro atoms. The minimum Gasteiger partial charge on any atom is -0.479 e. The maximum Gasteiger partial charge on any atom is 0.335 e. The first-order valence-corrected chi connectivity index (χ1v) is 21.1. The second kappa shape index (κ2) is 32.6. The first-order chi connectivity index (χ1) is 25.2. The molecule has 6 atom stereocenters. The number of aliphatic hydroxyl groups excluding tert-OH is 3. The van der Waals surface area contributed by atoms with Gasteiger partial charge in [0.25, 0.3) is 0 Å². The lowest BCUT2D eigenvalue weighted by Crippen LogP contribution is -2.60. The summed E-state index contributed by atoms with van der Waals surface area (Å²) in [6.07, 6.45) is 21.6. The quantitative estimate of drug-likeness (QED) is 0.0364. The van der Waals surface area contributed by atoms with Crippen LogP contribution in [-0.4, -0.2) is 88.4 Å². The van der Waals surface area contributed by atoms with Crippen molar-refractivity contribution in [3.63, 3.8) is 0 Å². The molecular formula is C41H76O11. The molecule has 0 saturated carbocycles. The van der Waals surface area contributed by atoms with Crippen LogP contribution in [-0.2, 0) is 33.3 Å². The molecule has 0 aromatic rings. The van der Waals surface area contributed by atoms with Crippen LogP contribution in [0.5, 0.6) is 0 Å². The van der Waals surface area contributed by atoms with Gasteiger partial charge in [-0.2, -0.15) is 0 Å². The molecule has 1 aliphatic heterocycles. The molecule has 0 amide bonds. The van der Waals surface area contributed by atoms with Gasteiger partial charge in [-0.25, -0.2) is 4.79 Å². The lowest BCUT2D eigenvalue weighted by atomic mass is 9.99. The number of esters is 2. The predicted molar refractivity (Wildman–Crippen MR) is 202 cm³/mol. The van der Waals surface area contributed by atoms with Gasteiger partial charge in [-0.15, -0.1) is 0 Å². The van der Waals surface area contributed by atoms with Crippen molar-refractivity contribution in [2.24, 2.45) is 0 Å². The number of unbranched alkanes of at least 4 members (excludes halogenated alkanes) is 24. The van der Waals surface area contributed by atoms with E-state index < -0.39 is 54.7 Å². The maximum absolute atomic E-state index is 12.7. The van der Waals surface area contributed by atoms with Crippen LogP contribution in [0.25, 0.3) is 0 Å². The maximum atomic E-state index is 12.7. The third-order valence-electron chi connectivity index (χ3n) is 9.96. The Balaban J connectivity index is 2.39. The van der Waals surface area contributed by atoms with Crippen molar-refractivity contribution in [1.29, 1.82) is 0 Å². The molecule has 0 aromatic heterocycles. The van der Waals surface area contributed by atoms with Crippen LogP contribution in [0.2, 0.25) is 0 Å². The highest BCUT2D eigenvalue weighted by molar-refractivity contribution is 5.73. The van der Waals surface area contributed by atoms with Crippen molar-refractivity contribution in [2.75, 3.05) is 13.2 Å². The van der Waals surface area contributed by atoms with Gasteiger partial charge in [-0.3, -0.25) is 9.59 Å². The van der Waals surface area contributed by atoms with E-state index in [0.717, 1.165) is 38.5 Å². The van der Waals surface area contributed by atoms with Gasteiger partial charge >= 0.3 is 17.9 Å². The van der Waals surface area contributed by atoms with E-state index in [1.54, 1.807) is 0 Å². The fraction of sp³-hybridized carbons (Fsp3) is 0.927. The number of carbonyl (C=O) groups is 3. The van der Waals surface area contributed by atoms with Gasteiger partial charge in [0.05, 0.1) is 6.61 Å². The number of carbonyl (C=O) groups excluding carboxylic acids is 2.